The van der Waals surface area contributed by atoms with Crippen molar-refractivity contribution >= 4 is 28.3 Å². The number of carbonyl (C=O) groups excluding carboxylic acids is 1. The van der Waals surface area contributed by atoms with E-state index in [-0.39, 0.29) is 29.6 Å². The number of rotatable bonds is 5. The number of aryl methyl sites for hydroxylation is 1. The van der Waals surface area contributed by atoms with Gasteiger partial charge in [0.25, 0.3) is 5.56 Å². The zero-order valence-electron chi connectivity index (χ0n) is 16.7. The van der Waals surface area contributed by atoms with Gasteiger partial charge in [-0.25, -0.2) is 0 Å². The van der Waals surface area contributed by atoms with Gasteiger partial charge < -0.3 is 5.32 Å². The Morgan fingerprint density at radius 2 is 1.72 bits per heavy atom. The van der Waals surface area contributed by atoms with E-state index in [9.17, 15) is 9.59 Å². The lowest BCUT2D eigenvalue weighted by Crippen LogP contribution is -2.29. The normalized spacial score (nSPS) is 11.4. The summed E-state index contributed by atoms with van der Waals surface area (Å²) in [5.74, 6) is 0.563. The van der Waals surface area contributed by atoms with Gasteiger partial charge in [-0.3, -0.25) is 18.6 Å². The number of fused-ring (bicyclic) bond motifs is 3. The van der Waals surface area contributed by atoms with Crippen molar-refractivity contribution in [3.05, 3.63) is 70.3 Å². The van der Waals surface area contributed by atoms with Crippen LogP contribution in [0.15, 0.2) is 53.3 Å². The van der Waals surface area contributed by atoms with Crippen LogP contribution in [0.25, 0.3) is 16.7 Å². The molecule has 2 aromatic carbocycles. The van der Waals surface area contributed by atoms with E-state index in [1.54, 1.807) is 4.40 Å². The number of anilines is 1. The van der Waals surface area contributed by atoms with Crippen LogP contribution in [0.3, 0.4) is 0 Å². The predicted molar refractivity (Wildman–Crippen MR) is 113 cm³/mol. The highest BCUT2D eigenvalue weighted by Crippen LogP contribution is 2.19. The van der Waals surface area contributed by atoms with Crippen LogP contribution in [0.2, 0.25) is 0 Å². The molecule has 4 rings (SSSR count). The zero-order valence-corrected chi connectivity index (χ0v) is 16.7. The summed E-state index contributed by atoms with van der Waals surface area (Å²) in [4.78, 5) is 25.8. The Balaban J connectivity index is 1.75. The zero-order chi connectivity index (χ0) is 20.5. The van der Waals surface area contributed by atoms with Gasteiger partial charge in [-0.15, -0.1) is 10.2 Å². The van der Waals surface area contributed by atoms with Crippen molar-refractivity contribution in [3.8, 4) is 0 Å². The average Bonchev–Trinajstić information content (AvgIpc) is 3.17. The second-order valence-corrected chi connectivity index (χ2v) is 7.35. The van der Waals surface area contributed by atoms with Crippen LogP contribution in [0.4, 0.5) is 5.69 Å². The lowest BCUT2D eigenvalue weighted by molar-refractivity contribution is -0.116. The fourth-order valence-electron chi connectivity index (χ4n) is 3.48. The van der Waals surface area contributed by atoms with E-state index in [1.807, 2.05) is 62.4 Å². The summed E-state index contributed by atoms with van der Waals surface area (Å²) in [6.07, 6.45) is 0.937. The summed E-state index contributed by atoms with van der Waals surface area (Å²) in [6, 6.07) is 15.2. The highest BCUT2D eigenvalue weighted by Gasteiger charge is 2.19. The smallest absolute Gasteiger partial charge is 0.297 e. The standard InChI is InChI=1S/C22H23N5O2/c1-4-15-9-11-16(12-10-15)23-19(28)13-26-17-7-5-6-8-18(17)27-20(14(2)3)24-25-21(27)22(26)29/h5-12,14H,4,13H2,1-3H3,(H,23,28). The molecule has 0 spiro atoms. The molecular formula is C22H23N5O2. The molecule has 0 radical (unpaired) electrons. The van der Waals surface area contributed by atoms with Gasteiger partial charge in [-0.2, -0.15) is 0 Å². The number of para-hydroxylation sites is 2. The third-order valence-corrected chi connectivity index (χ3v) is 5.00. The number of carbonyl (C=O) groups is 1. The largest absolute Gasteiger partial charge is 0.325 e. The van der Waals surface area contributed by atoms with Gasteiger partial charge in [0.15, 0.2) is 0 Å². The fourth-order valence-corrected chi connectivity index (χ4v) is 3.48. The minimum atomic E-state index is -0.334. The van der Waals surface area contributed by atoms with Crippen molar-refractivity contribution in [2.24, 2.45) is 0 Å². The molecule has 0 bridgehead atoms. The maximum atomic E-state index is 13.1. The molecule has 1 amide bonds. The molecule has 0 saturated heterocycles. The van der Waals surface area contributed by atoms with Gasteiger partial charge >= 0.3 is 0 Å². The van der Waals surface area contributed by atoms with E-state index in [4.69, 9.17) is 0 Å². The van der Waals surface area contributed by atoms with Gasteiger partial charge in [-0.1, -0.05) is 45.0 Å². The molecule has 2 heterocycles. The van der Waals surface area contributed by atoms with Crippen molar-refractivity contribution < 1.29 is 4.79 Å². The lowest BCUT2D eigenvalue weighted by Gasteiger charge is -2.13. The molecular weight excluding hydrogens is 366 g/mol. The van der Waals surface area contributed by atoms with Crippen LogP contribution in [0.1, 0.15) is 38.1 Å². The Morgan fingerprint density at radius 1 is 1.03 bits per heavy atom. The SMILES string of the molecule is CCc1ccc(NC(=O)Cn2c(=O)c3nnc(C(C)C)n3c3ccccc32)cc1. The first kappa shape index (κ1) is 18.9. The third kappa shape index (κ3) is 3.40. The molecule has 0 unspecified atom stereocenters. The van der Waals surface area contributed by atoms with Crippen molar-refractivity contribution in [2.75, 3.05) is 5.32 Å². The van der Waals surface area contributed by atoms with E-state index in [2.05, 4.69) is 22.4 Å². The van der Waals surface area contributed by atoms with Crippen LogP contribution >= 0.6 is 0 Å². The first-order chi connectivity index (χ1) is 14.0. The molecule has 148 valence electrons. The molecule has 0 saturated carbocycles. The molecule has 0 atom stereocenters. The Labute approximate surface area is 168 Å². The second kappa shape index (κ2) is 7.50. The van der Waals surface area contributed by atoms with E-state index in [0.717, 1.165) is 17.8 Å². The van der Waals surface area contributed by atoms with E-state index in [0.29, 0.717) is 11.2 Å². The highest BCUT2D eigenvalue weighted by atomic mass is 16.2. The van der Waals surface area contributed by atoms with Crippen LogP contribution in [-0.4, -0.2) is 25.1 Å². The van der Waals surface area contributed by atoms with Crippen LogP contribution in [0, 0.1) is 0 Å². The van der Waals surface area contributed by atoms with E-state index in [1.165, 1.54) is 10.1 Å². The van der Waals surface area contributed by atoms with Gasteiger partial charge in [0.05, 0.1) is 11.0 Å². The first-order valence-corrected chi connectivity index (χ1v) is 9.75. The van der Waals surface area contributed by atoms with Gasteiger partial charge in [0.2, 0.25) is 11.6 Å². The molecule has 7 heteroatoms. The van der Waals surface area contributed by atoms with E-state index >= 15 is 0 Å². The Kier molecular flexibility index (Phi) is 4.88. The van der Waals surface area contributed by atoms with Crippen LogP contribution in [-0.2, 0) is 17.8 Å². The summed E-state index contributed by atoms with van der Waals surface area (Å²) in [5, 5.41) is 11.2. The predicted octanol–water partition coefficient (Wildman–Crippen LogP) is 3.37. The fraction of sp³-hybridized carbons (Fsp3) is 0.273. The number of hydrogen-bond donors (Lipinski definition) is 1. The van der Waals surface area contributed by atoms with Crippen molar-refractivity contribution in [1.29, 1.82) is 0 Å². The molecule has 7 nitrogen and oxygen atoms in total. The number of nitrogens with one attached hydrogen (secondary N) is 1. The summed E-state index contributed by atoms with van der Waals surface area (Å²) < 4.78 is 3.25. The quantitative estimate of drug-likeness (QED) is 0.567. The maximum absolute atomic E-state index is 13.1. The summed E-state index contributed by atoms with van der Waals surface area (Å²) in [5.41, 5.74) is 3.27. The molecule has 29 heavy (non-hydrogen) atoms. The number of benzene rings is 2. The first-order valence-electron chi connectivity index (χ1n) is 9.75. The average molecular weight is 389 g/mol. The van der Waals surface area contributed by atoms with Crippen LogP contribution < -0.4 is 10.9 Å². The maximum Gasteiger partial charge on any atom is 0.297 e. The Hall–Kier alpha value is -3.48. The van der Waals surface area contributed by atoms with Crippen molar-refractivity contribution in [1.82, 2.24) is 19.2 Å². The minimum Gasteiger partial charge on any atom is -0.325 e. The molecule has 0 aliphatic carbocycles. The van der Waals surface area contributed by atoms with Crippen LogP contribution in [0.5, 0.6) is 0 Å². The molecule has 2 aromatic heterocycles. The monoisotopic (exact) mass is 389 g/mol. The van der Waals surface area contributed by atoms with E-state index < -0.39 is 0 Å². The summed E-state index contributed by atoms with van der Waals surface area (Å²) >= 11 is 0. The molecule has 0 aliphatic rings. The second-order valence-electron chi connectivity index (χ2n) is 7.35. The number of amides is 1. The topological polar surface area (TPSA) is 81.3 Å². The Morgan fingerprint density at radius 3 is 2.38 bits per heavy atom. The number of hydrogen-bond acceptors (Lipinski definition) is 4. The minimum absolute atomic E-state index is 0.102. The van der Waals surface area contributed by atoms with Crippen molar-refractivity contribution in [2.45, 2.75) is 39.7 Å². The molecule has 4 aromatic rings. The van der Waals surface area contributed by atoms with Crippen molar-refractivity contribution in [3.63, 3.8) is 0 Å². The number of nitrogens with zero attached hydrogens (tertiary/aromatic N) is 4. The summed E-state index contributed by atoms with van der Waals surface area (Å²) in [6.45, 7) is 5.99. The number of aromatic nitrogens is 4. The third-order valence-electron chi connectivity index (χ3n) is 5.00. The van der Waals surface area contributed by atoms with Gasteiger partial charge in [0.1, 0.15) is 12.4 Å². The molecule has 0 fully saturated rings. The van der Waals surface area contributed by atoms with Gasteiger partial charge in [0, 0.05) is 11.6 Å². The summed E-state index contributed by atoms with van der Waals surface area (Å²) in [7, 11) is 0. The van der Waals surface area contributed by atoms with Gasteiger partial charge in [-0.05, 0) is 36.2 Å². The Bertz CT molecular complexity index is 1250. The molecule has 0 aliphatic heterocycles. The molecule has 1 N–H and O–H groups in total. The lowest BCUT2D eigenvalue weighted by atomic mass is 10.1. The highest BCUT2D eigenvalue weighted by molar-refractivity contribution is 5.91.